The molecule has 8 nitrogen and oxygen atoms in total. The summed E-state index contributed by atoms with van der Waals surface area (Å²) < 4.78 is 2.30. The van der Waals surface area contributed by atoms with Crippen LogP contribution in [0.2, 0.25) is 0 Å². The van der Waals surface area contributed by atoms with Gasteiger partial charge in [0.05, 0.1) is 17.4 Å². The second-order valence-electron chi connectivity index (χ2n) is 6.20. The highest BCUT2D eigenvalue weighted by Gasteiger charge is 2.17. The second kappa shape index (κ2) is 6.73. The number of imidazole rings is 1. The quantitative estimate of drug-likeness (QED) is 0.710. The van der Waals surface area contributed by atoms with Gasteiger partial charge in [-0.3, -0.25) is 0 Å². The van der Waals surface area contributed by atoms with Gasteiger partial charge < -0.3 is 9.88 Å². The predicted octanol–water partition coefficient (Wildman–Crippen LogP) is 3.03. The summed E-state index contributed by atoms with van der Waals surface area (Å²) in [6, 6.07) is 8.66. The first kappa shape index (κ1) is 15.3. The van der Waals surface area contributed by atoms with Crippen molar-refractivity contribution >= 4 is 22.3 Å². The molecule has 0 saturated heterocycles. The van der Waals surface area contributed by atoms with Crippen LogP contribution < -0.4 is 5.32 Å². The average Bonchev–Trinajstić information content (AvgIpc) is 3.32. The summed E-state index contributed by atoms with van der Waals surface area (Å²) in [7, 11) is 0. The predicted molar refractivity (Wildman–Crippen MR) is 93.2 cm³/mol. The molecule has 0 bridgehead atoms. The number of hydrogen-bond donors (Lipinski definition) is 2. The van der Waals surface area contributed by atoms with Crippen LogP contribution in [-0.4, -0.2) is 30.2 Å². The SMILES string of the molecule is N#CC(=CNc1ccc2c(c1)ncn2C1CCCCC1)c1nn[nH]n1. The normalized spacial score (nSPS) is 16.0. The third-order valence-electron chi connectivity index (χ3n) is 4.63. The highest BCUT2D eigenvalue weighted by molar-refractivity contribution is 5.81. The van der Waals surface area contributed by atoms with Gasteiger partial charge >= 0.3 is 0 Å². The number of nitrogens with zero attached hydrogens (tertiary/aromatic N) is 6. The molecule has 1 saturated carbocycles. The number of hydrogen-bond acceptors (Lipinski definition) is 6. The van der Waals surface area contributed by atoms with Crippen molar-refractivity contribution in [2.24, 2.45) is 0 Å². The molecular weight excluding hydrogens is 316 g/mol. The minimum atomic E-state index is 0.262. The molecule has 1 aliphatic carbocycles. The third kappa shape index (κ3) is 3.08. The molecule has 1 aromatic carbocycles. The van der Waals surface area contributed by atoms with E-state index in [1.54, 1.807) is 6.20 Å². The summed E-state index contributed by atoms with van der Waals surface area (Å²) in [6.07, 6.45) is 9.90. The number of aromatic amines is 1. The molecule has 0 radical (unpaired) electrons. The van der Waals surface area contributed by atoms with E-state index in [-0.39, 0.29) is 5.82 Å². The lowest BCUT2D eigenvalue weighted by atomic mass is 9.95. The zero-order valence-corrected chi connectivity index (χ0v) is 13.7. The van der Waals surface area contributed by atoms with Crippen LogP contribution in [0.15, 0.2) is 30.7 Å². The Morgan fingerprint density at radius 2 is 2.20 bits per heavy atom. The van der Waals surface area contributed by atoms with E-state index in [1.165, 1.54) is 32.1 Å². The molecule has 0 amide bonds. The van der Waals surface area contributed by atoms with Gasteiger partial charge in [-0.2, -0.15) is 10.5 Å². The van der Waals surface area contributed by atoms with Gasteiger partial charge in [0.25, 0.3) is 0 Å². The molecule has 1 aliphatic rings. The Labute approximate surface area is 144 Å². The first-order valence-electron chi connectivity index (χ1n) is 8.42. The van der Waals surface area contributed by atoms with Crippen molar-refractivity contribution in [2.45, 2.75) is 38.1 Å². The minimum absolute atomic E-state index is 0.262. The third-order valence-corrected chi connectivity index (χ3v) is 4.63. The molecule has 0 aliphatic heterocycles. The smallest absolute Gasteiger partial charge is 0.216 e. The first-order chi connectivity index (χ1) is 12.3. The fourth-order valence-electron chi connectivity index (χ4n) is 3.35. The molecule has 1 fully saturated rings. The van der Waals surface area contributed by atoms with Crippen molar-refractivity contribution in [1.29, 1.82) is 5.26 Å². The van der Waals surface area contributed by atoms with E-state index >= 15 is 0 Å². The van der Waals surface area contributed by atoms with Gasteiger partial charge in [0.2, 0.25) is 5.82 Å². The van der Waals surface area contributed by atoms with Gasteiger partial charge in [0, 0.05) is 17.9 Å². The number of tetrazole rings is 1. The Hall–Kier alpha value is -3.21. The Morgan fingerprint density at radius 3 is 2.96 bits per heavy atom. The summed E-state index contributed by atoms with van der Waals surface area (Å²) in [5.74, 6) is 0.262. The summed E-state index contributed by atoms with van der Waals surface area (Å²) in [4.78, 5) is 4.55. The van der Waals surface area contributed by atoms with Gasteiger partial charge in [-0.25, -0.2) is 4.98 Å². The topological polar surface area (TPSA) is 108 Å². The van der Waals surface area contributed by atoms with E-state index in [2.05, 4.69) is 47.6 Å². The fourth-order valence-corrected chi connectivity index (χ4v) is 3.35. The monoisotopic (exact) mass is 334 g/mol. The maximum atomic E-state index is 9.20. The van der Waals surface area contributed by atoms with Crippen molar-refractivity contribution in [1.82, 2.24) is 30.2 Å². The number of benzene rings is 1. The van der Waals surface area contributed by atoms with Crippen LogP contribution in [-0.2, 0) is 0 Å². The van der Waals surface area contributed by atoms with Crippen molar-refractivity contribution in [3.63, 3.8) is 0 Å². The number of nitrogens with one attached hydrogen (secondary N) is 2. The number of H-pyrrole nitrogens is 1. The Bertz CT molecular complexity index is 925. The number of fused-ring (bicyclic) bond motifs is 1. The second-order valence-corrected chi connectivity index (χ2v) is 6.20. The number of anilines is 1. The van der Waals surface area contributed by atoms with E-state index < -0.39 is 0 Å². The van der Waals surface area contributed by atoms with Crippen molar-refractivity contribution in [3.05, 3.63) is 36.6 Å². The maximum Gasteiger partial charge on any atom is 0.216 e. The first-order valence-corrected chi connectivity index (χ1v) is 8.42. The Kier molecular flexibility index (Phi) is 4.12. The number of nitriles is 1. The van der Waals surface area contributed by atoms with E-state index in [0.717, 1.165) is 16.7 Å². The van der Waals surface area contributed by atoms with E-state index in [0.29, 0.717) is 11.6 Å². The summed E-state index contributed by atoms with van der Waals surface area (Å²) in [6.45, 7) is 0. The van der Waals surface area contributed by atoms with E-state index in [1.807, 2.05) is 18.5 Å². The van der Waals surface area contributed by atoms with Crippen LogP contribution in [0.5, 0.6) is 0 Å². The van der Waals surface area contributed by atoms with Crippen molar-refractivity contribution in [3.8, 4) is 6.07 Å². The number of aromatic nitrogens is 6. The van der Waals surface area contributed by atoms with Crippen LogP contribution in [0, 0.1) is 11.3 Å². The molecule has 126 valence electrons. The zero-order chi connectivity index (χ0) is 17.1. The molecule has 2 N–H and O–H groups in total. The number of allylic oxidation sites excluding steroid dienone is 1. The zero-order valence-electron chi connectivity index (χ0n) is 13.7. The Balaban J connectivity index is 1.57. The van der Waals surface area contributed by atoms with E-state index in [4.69, 9.17) is 0 Å². The Morgan fingerprint density at radius 1 is 1.32 bits per heavy atom. The lowest BCUT2D eigenvalue weighted by Crippen LogP contribution is -2.11. The van der Waals surface area contributed by atoms with Gasteiger partial charge in [-0.05, 0) is 36.3 Å². The molecule has 0 spiro atoms. The molecular formula is C17H18N8. The molecule has 3 aromatic rings. The van der Waals surface area contributed by atoms with Crippen molar-refractivity contribution in [2.75, 3.05) is 5.32 Å². The van der Waals surface area contributed by atoms with Gasteiger partial charge in [-0.1, -0.05) is 19.3 Å². The summed E-state index contributed by atoms with van der Waals surface area (Å²) >= 11 is 0. The molecule has 0 atom stereocenters. The lowest BCUT2D eigenvalue weighted by Gasteiger charge is -2.23. The summed E-state index contributed by atoms with van der Waals surface area (Å²) in [5, 5.41) is 25.7. The van der Waals surface area contributed by atoms with Crippen LogP contribution in [0.3, 0.4) is 0 Å². The molecule has 4 rings (SSSR count). The highest BCUT2D eigenvalue weighted by atomic mass is 15.5. The van der Waals surface area contributed by atoms with Gasteiger partial charge in [-0.15, -0.1) is 10.2 Å². The standard InChI is InChI=1S/C17H18N8/c18-9-12(17-21-23-24-22-17)10-19-13-6-7-16-15(8-13)20-11-25(16)14-4-2-1-3-5-14/h6-8,10-11,14,19H,1-5H2,(H,21,22,23,24). The summed E-state index contributed by atoms with van der Waals surface area (Å²) in [5.41, 5.74) is 3.27. The lowest BCUT2D eigenvalue weighted by molar-refractivity contribution is 0.359. The fraction of sp³-hybridized carbons (Fsp3) is 0.353. The van der Waals surface area contributed by atoms with Gasteiger partial charge in [0.1, 0.15) is 11.6 Å². The van der Waals surface area contributed by atoms with Crippen LogP contribution in [0.25, 0.3) is 16.6 Å². The maximum absolute atomic E-state index is 9.20. The molecule has 8 heteroatoms. The average molecular weight is 334 g/mol. The van der Waals surface area contributed by atoms with Crippen molar-refractivity contribution < 1.29 is 0 Å². The van der Waals surface area contributed by atoms with E-state index in [9.17, 15) is 5.26 Å². The van der Waals surface area contributed by atoms with Crippen LogP contribution >= 0.6 is 0 Å². The number of rotatable bonds is 4. The molecule has 0 unspecified atom stereocenters. The largest absolute Gasteiger partial charge is 0.360 e. The highest BCUT2D eigenvalue weighted by Crippen LogP contribution is 2.31. The molecule has 25 heavy (non-hydrogen) atoms. The molecule has 2 aromatic heterocycles. The minimum Gasteiger partial charge on any atom is -0.360 e. The van der Waals surface area contributed by atoms with Gasteiger partial charge in [0.15, 0.2) is 0 Å². The van der Waals surface area contributed by atoms with Crippen LogP contribution in [0.4, 0.5) is 5.69 Å². The van der Waals surface area contributed by atoms with Crippen LogP contribution in [0.1, 0.15) is 44.0 Å². The molecule has 2 heterocycles.